The number of nitrogens with one attached hydrogen (secondary N) is 1. The van der Waals surface area contributed by atoms with E-state index in [1.165, 1.54) is 44.5 Å². The predicted octanol–water partition coefficient (Wildman–Crippen LogP) is 2.60. The highest BCUT2D eigenvalue weighted by Crippen LogP contribution is 2.08. The number of unbranched alkanes of at least 4 members (excludes halogenated alkanes) is 1. The van der Waals surface area contributed by atoms with Crippen LogP contribution in [-0.4, -0.2) is 37.0 Å². The molecule has 3 heteroatoms. The lowest BCUT2D eigenvalue weighted by molar-refractivity contribution is 0.0952. The van der Waals surface area contributed by atoms with Gasteiger partial charge in [0.2, 0.25) is 0 Å². The molecule has 0 radical (unpaired) electrons. The normalized spacial score (nSPS) is 15.6. The van der Waals surface area contributed by atoms with Crippen molar-refractivity contribution in [3.05, 3.63) is 35.4 Å². The highest BCUT2D eigenvalue weighted by atomic mass is 16.1. The highest BCUT2D eigenvalue weighted by molar-refractivity contribution is 5.94. The Morgan fingerprint density at radius 1 is 1.16 bits per heavy atom. The van der Waals surface area contributed by atoms with Crippen LogP contribution < -0.4 is 5.32 Å². The maximum atomic E-state index is 11.9. The molecule has 1 aromatic carbocycles. The molecule has 0 aliphatic carbocycles. The zero-order valence-electron chi connectivity index (χ0n) is 11.8. The smallest absolute Gasteiger partial charge is 0.251 e. The van der Waals surface area contributed by atoms with E-state index in [0.717, 1.165) is 18.5 Å². The molecule has 19 heavy (non-hydrogen) atoms. The van der Waals surface area contributed by atoms with Gasteiger partial charge in [-0.05, 0) is 64.4 Å². The number of amides is 1. The van der Waals surface area contributed by atoms with Crippen molar-refractivity contribution in [2.45, 2.75) is 32.6 Å². The summed E-state index contributed by atoms with van der Waals surface area (Å²) < 4.78 is 0. The topological polar surface area (TPSA) is 32.3 Å². The van der Waals surface area contributed by atoms with Gasteiger partial charge in [-0.2, -0.15) is 0 Å². The summed E-state index contributed by atoms with van der Waals surface area (Å²) in [5.41, 5.74) is 1.94. The van der Waals surface area contributed by atoms with E-state index >= 15 is 0 Å². The number of carbonyl (C=O) groups is 1. The number of hydrogen-bond acceptors (Lipinski definition) is 2. The predicted molar refractivity (Wildman–Crippen MR) is 78.4 cm³/mol. The van der Waals surface area contributed by atoms with Crippen molar-refractivity contribution < 1.29 is 4.79 Å². The molecule has 0 spiro atoms. The average molecular weight is 260 g/mol. The molecule has 0 bridgehead atoms. The molecular formula is C16H24N2O. The summed E-state index contributed by atoms with van der Waals surface area (Å²) in [7, 11) is 0. The van der Waals surface area contributed by atoms with Crippen LogP contribution in [0.4, 0.5) is 0 Å². The van der Waals surface area contributed by atoms with Crippen LogP contribution in [0.5, 0.6) is 0 Å². The fraction of sp³-hybridized carbons (Fsp3) is 0.562. The SMILES string of the molecule is Cc1ccc(C(=O)NCCCCN2CCCC2)cc1. The van der Waals surface area contributed by atoms with E-state index in [2.05, 4.69) is 10.2 Å². The molecule has 0 saturated carbocycles. The number of benzene rings is 1. The van der Waals surface area contributed by atoms with E-state index < -0.39 is 0 Å². The first kappa shape index (κ1) is 14.1. The molecule has 104 valence electrons. The lowest BCUT2D eigenvalue weighted by atomic mass is 10.1. The summed E-state index contributed by atoms with van der Waals surface area (Å²) >= 11 is 0. The van der Waals surface area contributed by atoms with E-state index in [1.807, 2.05) is 31.2 Å². The Morgan fingerprint density at radius 3 is 2.53 bits per heavy atom. The van der Waals surface area contributed by atoms with Crippen molar-refractivity contribution in [2.75, 3.05) is 26.2 Å². The molecule has 2 rings (SSSR count). The monoisotopic (exact) mass is 260 g/mol. The van der Waals surface area contributed by atoms with Crippen molar-refractivity contribution in [1.29, 1.82) is 0 Å². The maximum Gasteiger partial charge on any atom is 0.251 e. The fourth-order valence-electron chi connectivity index (χ4n) is 2.48. The van der Waals surface area contributed by atoms with E-state index in [-0.39, 0.29) is 5.91 Å². The molecule has 1 heterocycles. The molecule has 3 nitrogen and oxygen atoms in total. The summed E-state index contributed by atoms with van der Waals surface area (Å²) in [6.45, 7) is 6.51. The van der Waals surface area contributed by atoms with Gasteiger partial charge in [0.15, 0.2) is 0 Å². The van der Waals surface area contributed by atoms with Gasteiger partial charge in [-0.1, -0.05) is 17.7 Å². The molecule has 1 aliphatic rings. The third-order valence-corrected chi connectivity index (χ3v) is 3.70. The Hall–Kier alpha value is -1.35. The van der Waals surface area contributed by atoms with Crippen LogP contribution in [0.25, 0.3) is 0 Å². The van der Waals surface area contributed by atoms with Crippen LogP contribution in [0.3, 0.4) is 0 Å². The first-order valence-corrected chi connectivity index (χ1v) is 7.33. The summed E-state index contributed by atoms with van der Waals surface area (Å²) in [5, 5.41) is 2.99. The average Bonchev–Trinajstić information content (AvgIpc) is 2.92. The van der Waals surface area contributed by atoms with Crippen molar-refractivity contribution in [3.8, 4) is 0 Å². The van der Waals surface area contributed by atoms with Crippen LogP contribution in [0.2, 0.25) is 0 Å². The van der Waals surface area contributed by atoms with Crippen LogP contribution in [-0.2, 0) is 0 Å². The number of aryl methyl sites for hydroxylation is 1. The number of likely N-dealkylation sites (tertiary alicyclic amines) is 1. The Morgan fingerprint density at radius 2 is 1.84 bits per heavy atom. The molecule has 0 atom stereocenters. The van der Waals surface area contributed by atoms with Gasteiger partial charge in [-0.25, -0.2) is 0 Å². The Labute approximate surface area is 116 Å². The van der Waals surface area contributed by atoms with Gasteiger partial charge in [0.25, 0.3) is 5.91 Å². The van der Waals surface area contributed by atoms with Crippen LogP contribution in [0.1, 0.15) is 41.6 Å². The van der Waals surface area contributed by atoms with Crippen molar-refractivity contribution in [2.24, 2.45) is 0 Å². The van der Waals surface area contributed by atoms with Crippen molar-refractivity contribution >= 4 is 5.91 Å². The van der Waals surface area contributed by atoms with Gasteiger partial charge in [-0.15, -0.1) is 0 Å². The maximum absolute atomic E-state index is 11.9. The number of nitrogens with zero attached hydrogens (tertiary/aromatic N) is 1. The van der Waals surface area contributed by atoms with Gasteiger partial charge in [0.1, 0.15) is 0 Å². The van der Waals surface area contributed by atoms with Gasteiger partial charge in [0, 0.05) is 12.1 Å². The third-order valence-electron chi connectivity index (χ3n) is 3.70. The first-order valence-electron chi connectivity index (χ1n) is 7.33. The van der Waals surface area contributed by atoms with E-state index in [9.17, 15) is 4.79 Å². The lowest BCUT2D eigenvalue weighted by Gasteiger charge is -2.14. The Bertz CT molecular complexity index is 394. The Kier molecular flexibility index (Phi) is 5.40. The largest absolute Gasteiger partial charge is 0.352 e. The molecule has 1 aromatic rings. The fourth-order valence-corrected chi connectivity index (χ4v) is 2.48. The molecule has 1 N–H and O–H groups in total. The zero-order valence-corrected chi connectivity index (χ0v) is 11.8. The van der Waals surface area contributed by atoms with E-state index in [0.29, 0.717) is 0 Å². The second-order valence-electron chi connectivity index (χ2n) is 5.38. The third kappa shape index (κ3) is 4.67. The summed E-state index contributed by atoms with van der Waals surface area (Å²) in [6.07, 6.45) is 4.94. The minimum absolute atomic E-state index is 0.0428. The van der Waals surface area contributed by atoms with E-state index in [4.69, 9.17) is 0 Å². The second-order valence-corrected chi connectivity index (χ2v) is 5.38. The first-order chi connectivity index (χ1) is 9.25. The lowest BCUT2D eigenvalue weighted by Crippen LogP contribution is -2.26. The number of rotatable bonds is 6. The molecule has 1 fully saturated rings. The molecule has 1 aliphatic heterocycles. The minimum Gasteiger partial charge on any atom is -0.352 e. The van der Waals surface area contributed by atoms with Crippen molar-refractivity contribution in [3.63, 3.8) is 0 Å². The highest BCUT2D eigenvalue weighted by Gasteiger charge is 2.10. The summed E-state index contributed by atoms with van der Waals surface area (Å²) in [6, 6.07) is 7.72. The molecule has 0 aromatic heterocycles. The summed E-state index contributed by atoms with van der Waals surface area (Å²) in [5.74, 6) is 0.0428. The number of hydrogen-bond donors (Lipinski definition) is 1. The molecular weight excluding hydrogens is 236 g/mol. The van der Waals surface area contributed by atoms with Gasteiger partial charge >= 0.3 is 0 Å². The second kappa shape index (κ2) is 7.29. The Balaban J connectivity index is 1.59. The quantitative estimate of drug-likeness (QED) is 0.797. The van der Waals surface area contributed by atoms with Gasteiger partial charge < -0.3 is 10.2 Å². The molecule has 1 amide bonds. The van der Waals surface area contributed by atoms with E-state index in [1.54, 1.807) is 0 Å². The zero-order chi connectivity index (χ0) is 13.5. The van der Waals surface area contributed by atoms with Crippen LogP contribution >= 0.6 is 0 Å². The van der Waals surface area contributed by atoms with Crippen LogP contribution in [0.15, 0.2) is 24.3 Å². The van der Waals surface area contributed by atoms with Crippen molar-refractivity contribution in [1.82, 2.24) is 10.2 Å². The minimum atomic E-state index is 0.0428. The molecule has 0 unspecified atom stereocenters. The number of carbonyl (C=O) groups excluding carboxylic acids is 1. The summed E-state index contributed by atoms with van der Waals surface area (Å²) in [4.78, 5) is 14.4. The van der Waals surface area contributed by atoms with Gasteiger partial charge in [0.05, 0.1) is 0 Å². The van der Waals surface area contributed by atoms with Crippen LogP contribution in [0, 0.1) is 6.92 Å². The van der Waals surface area contributed by atoms with Gasteiger partial charge in [-0.3, -0.25) is 4.79 Å². The molecule has 1 saturated heterocycles. The standard InChI is InChI=1S/C16H24N2O/c1-14-6-8-15(9-7-14)16(19)17-10-2-3-11-18-12-4-5-13-18/h6-9H,2-5,10-13H2,1H3,(H,17,19).